The Morgan fingerprint density at radius 2 is 1.93 bits per heavy atom. The molecule has 0 amide bonds. The van der Waals surface area contributed by atoms with Crippen LogP contribution in [-0.4, -0.2) is 43.9 Å². The largest absolute Gasteiger partial charge is 0.361 e. The van der Waals surface area contributed by atoms with E-state index in [2.05, 4.69) is 5.10 Å². The standard InChI is InChI=1S/C20H26N2O6S2/c1-6-8-30(26,27)28-20-16(10-21-22(20)7-2)18(23)15-9-12(3)19-17(14(15)5)13(4)11-29(19,24)25/h9-10,13H,6-8,11H2,1-5H3. The molecule has 1 unspecified atom stereocenters. The third kappa shape index (κ3) is 3.78. The summed E-state index contributed by atoms with van der Waals surface area (Å²) in [4.78, 5) is 13.7. The van der Waals surface area contributed by atoms with Crippen molar-refractivity contribution in [3.05, 3.63) is 40.1 Å². The maximum atomic E-state index is 13.4. The number of fused-ring (bicyclic) bond motifs is 1. The molecule has 10 heteroatoms. The summed E-state index contributed by atoms with van der Waals surface area (Å²) >= 11 is 0. The van der Waals surface area contributed by atoms with Gasteiger partial charge in [-0.15, -0.1) is 0 Å². The number of hydrogen-bond acceptors (Lipinski definition) is 7. The third-order valence-corrected chi connectivity index (χ3v) is 8.71. The maximum Gasteiger partial charge on any atom is 0.310 e. The fraction of sp³-hybridized carbons (Fsp3) is 0.500. The topological polar surface area (TPSA) is 112 Å². The predicted octanol–water partition coefficient (Wildman–Crippen LogP) is 2.76. The summed E-state index contributed by atoms with van der Waals surface area (Å²) in [6.45, 7) is 9.02. The van der Waals surface area contributed by atoms with Crippen LogP contribution in [0.2, 0.25) is 0 Å². The Labute approximate surface area is 177 Å². The minimum atomic E-state index is -3.87. The first-order valence-electron chi connectivity index (χ1n) is 9.83. The number of sulfone groups is 1. The van der Waals surface area contributed by atoms with Gasteiger partial charge >= 0.3 is 10.1 Å². The first kappa shape index (κ1) is 22.5. The number of rotatable bonds is 7. The van der Waals surface area contributed by atoms with Gasteiger partial charge in [-0.05, 0) is 55.9 Å². The van der Waals surface area contributed by atoms with E-state index in [1.807, 2.05) is 6.92 Å². The monoisotopic (exact) mass is 454 g/mol. The molecule has 1 aromatic heterocycles. The van der Waals surface area contributed by atoms with Crippen LogP contribution in [0.3, 0.4) is 0 Å². The van der Waals surface area contributed by atoms with Gasteiger partial charge < -0.3 is 4.18 Å². The summed E-state index contributed by atoms with van der Waals surface area (Å²) < 4.78 is 56.1. The van der Waals surface area contributed by atoms with E-state index in [1.54, 1.807) is 33.8 Å². The molecule has 1 atom stereocenters. The summed E-state index contributed by atoms with van der Waals surface area (Å²) in [6.07, 6.45) is 1.67. The Bertz CT molecular complexity index is 1230. The number of carbonyl (C=O) groups excluding carboxylic acids is 1. The lowest BCUT2D eigenvalue weighted by atomic mass is 9.89. The van der Waals surface area contributed by atoms with E-state index in [9.17, 15) is 21.6 Å². The molecule has 3 rings (SSSR count). The molecule has 0 saturated carbocycles. The van der Waals surface area contributed by atoms with Gasteiger partial charge in [-0.3, -0.25) is 4.79 Å². The van der Waals surface area contributed by atoms with Crippen LogP contribution in [0, 0.1) is 13.8 Å². The minimum absolute atomic E-state index is 0.0129. The molecule has 30 heavy (non-hydrogen) atoms. The van der Waals surface area contributed by atoms with Gasteiger partial charge in [0.05, 0.1) is 22.6 Å². The average Bonchev–Trinajstić information content (AvgIpc) is 3.14. The van der Waals surface area contributed by atoms with Crippen molar-refractivity contribution in [3.63, 3.8) is 0 Å². The highest BCUT2D eigenvalue weighted by atomic mass is 32.2. The smallest absolute Gasteiger partial charge is 0.310 e. The second kappa shape index (κ2) is 7.81. The van der Waals surface area contributed by atoms with Gasteiger partial charge in [0.25, 0.3) is 0 Å². The number of carbonyl (C=O) groups is 1. The van der Waals surface area contributed by atoms with Gasteiger partial charge in [0.1, 0.15) is 5.56 Å². The van der Waals surface area contributed by atoms with Crippen molar-refractivity contribution in [2.45, 2.75) is 58.4 Å². The highest BCUT2D eigenvalue weighted by Gasteiger charge is 2.37. The Kier molecular flexibility index (Phi) is 5.85. The molecule has 164 valence electrons. The lowest BCUT2D eigenvalue weighted by molar-refractivity contribution is 0.103. The van der Waals surface area contributed by atoms with Gasteiger partial charge in [0.15, 0.2) is 15.6 Å². The quantitative estimate of drug-likeness (QED) is 0.467. The van der Waals surface area contributed by atoms with Crippen molar-refractivity contribution in [1.82, 2.24) is 9.78 Å². The van der Waals surface area contributed by atoms with Crippen molar-refractivity contribution in [3.8, 4) is 5.88 Å². The summed E-state index contributed by atoms with van der Waals surface area (Å²) in [5, 5.41) is 4.10. The Morgan fingerprint density at radius 1 is 1.27 bits per heavy atom. The molecule has 1 aliphatic heterocycles. The van der Waals surface area contributed by atoms with Crippen LogP contribution in [0.25, 0.3) is 0 Å². The van der Waals surface area contributed by atoms with E-state index in [0.29, 0.717) is 40.1 Å². The normalized spacial score (nSPS) is 17.7. The summed E-state index contributed by atoms with van der Waals surface area (Å²) in [7, 11) is -7.25. The van der Waals surface area contributed by atoms with Crippen LogP contribution in [0.5, 0.6) is 5.88 Å². The van der Waals surface area contributed by atoms with E-state index >= 15 is 0 Å². The fourth-order valence-electron chi connectivity index (χ4n) is 4.06. The van der Waals surface area contributed by atoms with Crippen molar-refractivity contribution in [2.24, 2.45) is 0 Å². The first-order chi connectivity index (χ1) is 13.9. The van der Waals surface area contributed by atoms with E-state index < -0.39 is 25.7 Å². The third-order valence-electron chi connectivity index (χ3n) is 5.28. The zero-order valence-corrected chi connectivity index (χ0v) is 19.4. The molecule has 0 saturated heterocycles. The van der Waals surface area contributed by atoms with Crippen LogP contribution >= 0.6 is 0 Å². The molecule has 0 aliphatic carbocycles. The molecule has 0 fully saturated rings. The molecular weight excluding hydrogens is 428 g/mol. The van der Waals surface area contributed by atoms with Crippen LogP contribution in [0.1, 0.15) is 65.7 Å². The molecular formula is C20H26N2O6S2. The summed E-state index contributed by atoms with van der Waals surface area (Å²) in [6, 6.07) is 1.56. The molecule has 8 nitrogen and oxygen atoms in total. The average molecular weight is 455 g/mol. The fourth-order valence-corrected chi connectivity index (χ4v) is 7.29. The number of aryl methyl sites for hydroxylation is 2. The SMILES string of the molecule is CCCS(=O)(=O)Oc1c(C(=O)c2cc(C)c3c(c2C)C(C)CS3(=O)=O)cnn1CC. The molecule has 0 radical (unpaired) electrons. The van der Waals surface area contributed by atoms with Crippen molar-refractivity contribution < 1.29 is 25.8 Å². The predicted molar refractivity (Wildman–Crippen MR) is 112 cm³/mol. The number of hydrogen-bond donors (Lipinski definition) is 0. The Balaban J connectivity index is 2.15. The molecule has 2 aromatic rings. The van der Waals surface area contributed by atoms with Crippen molar-refractivity contribution in [2.75, 3.05) is 11.5 Å². The van der Waals surface area contributed by atoms with E-state index in [1.165, 1.54) is 10.9 Å². The Hall–Kier alpha value is -2.20. The van der Waals surface area contributed by atoms with E-state index in [-0.39, 0.29) is 28.9 Å². The van der Waals surface area contributed by atoms with Crippen LogP contribution in [0.15, 0.2) is 17.2 Å². The maximum absolute atomic E-state index is 13.4. The van der Waals surface area contributed by atoms with Gasteiger partial charge in [-0.2, -0.15) is 13.5 Å². The number of aromatic nitrogens is 2. The number of nitrogens with zero attached hydrogens (tertiary/aromatic N) is 2. The van der Waals surface area contributed by atoms with Gasteiger partial charge in [-0.1, -0.05) is 13.8 Å². The van der Waals surface area contributed by atoms with Crippen molar-refractivity contribution in [1.29, 1.82) is 0 Å². The van der Waals surface area contributed by atoms with E-state index in [0.717, 1.165) is 0 Å². The minimum Gasteiger partial charge on any atom is -0.361 e. The second-order valence-corrected chi connectivity index (χ2v) is 11.3. The second-order valence-electron chi connectivity index (χ2n) is 7.64. The highest BCUT2D eigenvalue weighted by Crippen LogP contribution is 2.41. The summed E-state index contributed by atoms with van der Waals surface area (Å²) in [5.74, 6) is -0.957. The van der Waals surface area contributed by atoms with Crippen LogP contribution in [-0.2, 0) is 26.5 Å². The molecule has 0 N–H and O–H groups in total. The molecule has 0 bridgehead atoms. The molecule has 1 aromatic carbocycles. The molecule has 2 heterocycles. The zero-order chi connectivity index (χ0) is 22.4. The van der Waals surface area contributed by atoms with Gasteiger partial charge in [0, 0.05) is 12.1 Å². The lowest BCUT2D eigenvalue weighted by Gasteiger charge is -2.15. The highest BCUT2D eigenvalue weighted by molar-refractivity contribution is 7.91. The Morgan fingerprint density at radius 3 is 2.53 bits per heavy atom. The summed E-state index contributed by atoms with van der Waals surface area (Å²) in [5.41, 5.74) is 2.10. The van der Waals surface area contributed by atoms with E-state index in [4.69, 9.17) is 4.18 Å². The van der Waals surface area contributed by atoms with Gasteiger partial charge in [0.2, 0.25) is 5.88 Å². The van der Waals surface area contributed by atoms with Crippen molar-refractivity contribution >= 4 is 25.7 Å². The number of ketones is 1. The lowest BCUT2D eigenvalue weighted by Crippen LogP contribution is -2.18. The number of benzene rings is 1. The first-order valence-corrected chi connectivity index (χ1v) is 13.1. The van der Waals surface area contributed by atoms with Crippen LogP contribution < -0.4 is 4.18 Å². The molecule has 1 aliphatic rings. The zero-order valence-electron chi connectivity index (χ0n) is 17.7. The van der Waals surface area contributed by atoms with Crippen LogP contribution in [0.4, 0.5) is 0 Å². The van der Waals surface area contributed by atoms with Gasteiger partial charge in [-0.25, -0.2) is 13.1 Å². The molecule has 0 spiro atoms.